The summed E-state index contributed by atoms with van der Waals surface area (Å²) in [6.45, 7) is 7.90. The molecule has 0 fully saturated rings. The maximum absolute atomic E-state index is 11.2. The zero-order valence-corrected chi connectivity index (χ0v) is 12.9. The largest absolute Gasteiger partial charge is 0.487 e. The molecule has 1 rings (SSSR count). The van der Waals surface area contributed by atoms with Gasteiger partial charge in [0.2, 0.25) is 0 Å². The summed E-state index contributed by atoms with van der Waals surface area (Å²) in [5, 5.41) is 0. The lowest BCUT2D eigenvalue weighted by Gasteiger charge is -2.18. The van der Waals surface area contributed by atoms with E-state index in [9.17, 15) is 4.79 Å². The number of esters is 1. The Bertz CT molecular complexity index is 438. The normalized spacial score (nSPS) is 10.8. The van der Waals surface area contributed by atoms with Crippen LogP contribution in [0.5, 0.6) is 11.5 Å². The van der Waals surface area contributed by atoms with Crippen LogP contribution in [0.2, 0.25) is 0 Å². The van der Waals surface area contributed by atoms with E-state index in [4.69, 9.17) is 9.47 Å². The van der Waals surface area contributed by atoms with Crippen molar-refractivity contribution in [3.05, 3.63) is 23.8 Å². The van der Waals surface area contributed by atoms with E-state index >= 15 is 0 Å². The van der Waals surface area contributed by atoms with Crippen molar-refractivity contribution >= 4 is 5.97 Å². The van der Waals surface area contributed by atoms with Crippen LogP contribution in [0, 0.1) is 0 Å². The fraction of sp³-hybridized carbons (Fsp3) is 0.562. The van der Waals surface area contributed by atoms with Crippen molar-refractivity contribution in [3.8, 4) is 11.5 Å². The van der Waals surface area contributed by atoms with Crippen molar-refractivity contribution in [2.24, 2.45) is 0 Å². The maximum atomic E-state index is 11.2. The lowest BCUT2D eigenvalue weighted by Crippen LogP contribution is -2.11. The van der Waals surface area contributed by atoms with Gasteiger partial charge in [0.15, 0.2) is 11.5 Å². The molecule has 0 saturated heterocycles. The van der Waals surface area contributed by atoms with Gasteiger partial charge in [-0.1, -0.05) is 6.07 Å². The molecule has 0 amide bonds. The summed E-state index contributed by atoms with van der Waals surface area (Å²) in [4.78, 5) is 11.2. The summed E-state index contributed by atoms with van der Waals surface area (Å²) in [6, 6.07) is 5.78. The van der Waals surface area contributed by atoms with Gasteiger partial charge in [0.1, 0.15) is 0 Å². The van der Waals surface area contributed by atoms with Crippen molar-refractivity contribution in [2.75, 3.05) is 7.11 Å². The Morgan fingerprint density at radius 3 is 2.20 bits per heavy atom. The van der Waals surface area contributed by atoms with Gasteiger partial charge in [0.05, 0.1) is 19.3 Å². The number of carbonyl (C=O) groups is 1. The van der Waals surface area contributed by atoms with Gasteiger partial charge in [-0.3, -0.25) is 4.79 Å². The number of hydrogen-bond acceptors (Lipinski definition) is 4. The molecule has 0 aliphatic rings. The van der Waals surface area contributed by atoms with Gasteiger partial charge in [0, 0.05) is 6.42 Å². The highest BCUT2D eigenvalue weighted by Gasteiger charge is 2.11. The van der Waals surface area contributed by atoms with E-state index in [0.717, 1.165) is 17.1 Å². The molecule has 0 saturated carbocycles. The number of carbonyl (C=O) groups excluding carboxylic acids is 1. The predicted octanol–water partition coefficient (Wildman–Crippen LogP) is 3.37. The van der Waals surface area contributed by atoms with E-state index in [1.54, 1.807) is 0 Å². The number of aryl methyl sites for hydroxylation is 1. The average Bonchev–Trinajstić information content (AvgIpc) is 2.37. The lowest BCUT2D eigenvalue weighted by molar-refractivity contribution is -0.140. The molecule has 20 heavy (non-hydrogen) atoms. The topological polar surface area (TPSA) is 44.8 Å². The van der Waals surface area contributed by atoms with Gasteiger partial charge in [-0.2, -0.15) is 0 Å². The highest BCUT2D eigenvalue weighted by molar-refractivity contribution is 5.69. The zero-order valence-electron chi connectivity index (χ0n) is 12.9. The summed E-state index contributed by atoms with van der Waals surface area (Å²) in [6.07, 6.45) is 1.15. The first-order chi connectivity index (χ1) is 9.42. The Morgan fingerprint density at radius 1 is 1.05 bits per heavy atom. The minimum absolute atomic E-state index is 0.0698. The van der Waals surface area contributed by atoms with E-state index in [1.165, 1.54) is 7.11 Å². The van der Waals surface area contributed by atoms with Gasteiger partial charge in [-0.25, -0.2) is 0 Å². The summed E-state index contributed by atoms with van der Waals surface area (Å²) >= 11 is 0. The highest BCUT2D eigenvalue weighted by atomic mass is 16.5. The van der Waals surface area contributed by atoms with Gasteiger partial charge in [0.25, 0.3) is 0 Å². The minimum atomic E-state index is -0.209. The molecule has 0 heterocycles. The van der Waals surface area contributed by atoms with Crippen LogP contribution in [0.3, 0.4) is 0 Å². The van der Waals surface area contributed by atoms with Crippen molar-refractivity contribution in [2.45, 2.75) is 52.7 Å². The third kappa shape index (κ3) is 5.51. The van der Waals surface area contributed by atoms with Crippen molar-refractivity contribution < 1.29 is 19.0 Å². The van der Waals surface area contributed by atoms with E-state index in [0.29, 0.717) is 12.8 Å². The predicted molar refractivity (Wildman–Crippen MR) is 78.3 cm³/mol. The molecule has 0 aliphatic heterocycles. The summed E-state index contributed by atoms with van der Waals surface area (Å²) in [5.74, 6) is 1.24. The average molecular weight is 280 g/mol. The molecule has 0 unspecified atom stereocenters. The van der Waals surface area contributed by atoms with E-state index in [1.807, 2.05) is 45.9 Å². The Hall–Kier alpha value is -1.71. The van der Waals surface area contributed by atoms with E-state index < -0.39 is 0 Å². The summed E-state index contributed by atoms with van der Waals surface area (Å²) in [5.41, 5.74) is 1.03. The Kier molecular flexibility index (Phi) is 6.36. The molecule has 4 heteroatoms. The van der Waals surface area contributed by atoms with Crippen LogP contribution in [0.15, 0.2) is 18.2 Å². The molecule has 0 N–H and O–H groups in total. The van der Waals surface area contributed by atoms with Gasteiger partial charge in [-0.15, -0.1) is 0 Å². The van der Waals surface area contributed by atoms with Crippen LogP contribution < -0.4 is 9.47 Å². The fourth-order valence-corrected chi connectivity index (χ4v) is 1.75. The van der Waals surface area contributed by atoms with Gasteiger partial charge < -0.3 is 14.2 Å². The second-order valence-corrected chi connectivity index (χ2v) is 5.19. The number of benzene rings is 1. The second kappa shape index (κ2) is 7.78. The van der Waals surface area contributed by atoms with Gasteiger partial charge >= 0.3 is 5.97 Å². The molecular weight excluding hydrogens is 256 g/mol. The molecular formula is C16H24O4. The Morgan fingerprint density at radius 2 is 1.65 bits per heavy atom. The Balaban J connectivity index is 2.86. The molecule has 1 aromatic carbocycles. The number of hydrogen-bond donors (Lipinski definition) is 0. The monoisotopic (exact) mass is 280 g/mol. The molecule has 0 aliphatic carbocycles. The van der Waals surface area contributed by atoms with Crippen molar-refractivity contribution in [1.82, 2.24) is 0 Å². The van der Waals surface area contributed by atoms with Crippen LogP contribution in [0.25, 0.3) is 0 Å². The number of ether oxygens (including phenoxy) is 3. The van der Waals surface area contributed by atoms with Crippen LogP contribution in [0.1, 0.15) is 39.7 Å². The highest BCUT2D eigenvalue weighted by Crippen LogP contribution is 2.30. The first-order valence-electron chi connectivity index (χ1n) is 6.95. The summed E-state index contributed by atoms with van der Waals surface area (Å²) < 4.78 is 16.2. The van der Waals surface area contributed by atoms with Crippen LogP contribution in [-0.4, -0.2) is 25.3 Å². The quantitative estimate of drug-likeness (QED) is 0.718. The van der Waals surface area contributed by atoms with E-state index in [-0.39, 0.29) is 18.2 Å². The van der Waals surface area contributed by atoms with Crippen LogP contribution in [-0.2, 0) is 16.0 Å². The van der Waals surface area contributed by atoms with E-state index in [2.05, 4.69) is 4.74 Å². The standard InChI is InChI=1S/C16H24O4/c1-11(2)19-14-8-6-13(7-9-16(17)18-5)10-15(14)20-12(3)4/h6,8,10-12H,7,9H2,1-5H3. The molecule has 4 nitrogen and oxygen atoms in total. The Labute approximate surface area is 121 Å². The first kappa shape index (κ1) is 16.3. The van der Waals surface area contributed by atoms with Crippen LogP contribution >= 0.6 is 0 Å². The SMILES string of the molecule is COC(=O)CCc1ccc(OC(C)C)c(OC(C)C)c1. The van der Waals surface area contributed by atoms with Crippen molar-refractivity contribution in [3.63, 3.8) is 0 Å². The first-order valence-corrected chi connectivity index (χ1v) is 6.95. The second-order valence-electron chi connectivity index (χ2n) is 5.19. The maximum Gasteiger partial charge on any atom is 0.305 e. The molecule has 1 aromatic rings. The minimum Gasteiger partial charge on any atom is -0.487 e. The smallest absolute Gasteiger partial charge is 0.305 e. The zero-order chi connectivity index (χ0) is 15.1. The third-order valence-corrected chi connectivity index (χ3v) is 2.58. The molecule has 0 atom stereocenters. The molecule has 0 aromatic heterocycles. The molecule has 0 spiro atoms. The molecule has 0 radical (unpaired) electrons. The van der Waals surface area contributed by atoms with Crippen LogP contribution in [0.4, 0.5) is 0 Å². The fourth-order valence-electron chi connectivity index (χ4n) is 1.75. The number of rotatable bonds is 7. The lowest BCUT2D eigenvalue weighted by atomic mass is 10.1. The molecule has 112 valence electrons. The number of methoxy groups -OCH3 is 1. The van der Waals surface area contributed by atoms with Crippen molar-refractivity contribution in [1.29, 1.82) is 0 Å². The molecule has 0 bridgehead atoms. The summed E-state index contributed by atoms with van der Waals surface area (Å²) in [7, 11) is 1.40. The third-order valence-electron chi connectivity index (χ3n) is 2.58. The van der Waals surface area contributed by atoms with Gasteiger partial charge in [-0.05, 0) is 51.8 Å².